The molecule has 0 aliphatic heterocycles. The van der Waals surface area contributed by atoms with Gasteiger partial charge >= 0.3 is 0 Å². The fourth-order valence-electron chi connectivity index (χ4n) is 7.87. The van der Waals surface area contributed by atoms with E-state index in [2.05, 4.69) is 175 Å². The number of aromatic nitrogens is 1. The van der Waals surface area contributed by atoms with Crippen molar-refractivity contribution >= 4 is 84.8 Å². The Bertz CT molecular complexity index is 2870. The molecule has 250 valence electrons. The van der Waals surface area contributed by atoms with Gasteiger partial charge in [-0.2, -0.15) is 0 Å². The third kappa shape index (κ3) is 5.57. The van der Waals surface area contributed by atoms with Gasteiger partial charge in [0.1, 0.15) is 14.3 Å². The Morgan fingerprint density at radius 1 is 0.453 bits per heavy atom. The molecule has 4 heteroatoms. The number of nitrogens with zero attached hydrogens (tertiary/aromatic N) is 2. The smallest absolute Gasteiger partial charge is 0.227 e. The lowest BCUT2D eigenvalue weighted by Gasteiger charge is -2.31. The Balaban J connectivity index is 1.24. The maximum atomic E-state index is 6.62. The lowest BCUT2D eigenvalue weighted by Crippen LogP contribution is -2.53. The van der Waals surface area contributed by atoms with Crippen LogP contribution in [0.3, 0.4) is 0 Å². The van der Waals surface area contributed by atoms with Crippen molar-refractivity contribution in [3.05, 3.63) is 200 Å². The standard InChI is InChI=1S/C49H34N2OSi/c1-4-15-37(16-5-1)49-50-44-31-28-36-25-24-35-27-30-40(33-43(35)47(36)48(44)52-49)51(39-29-26-34-14-10-11-17-38(34)32-39)45-22-12-13-23-46(45)53(41-18-6-2-7-19-41)42-20-8-3-9-21-42/h1-33,53H. The van der Waals surface area contributed by atoms with Crippen molar-refractivity contribution in [1.82, 2.24) is 4.98 Å². The summed E-state index contributed by atoms with van der Waals surface area (Å²) < 4.78 is 6.62. The molecular weight excluding hydrogens is 661 g/mol. The zero-order valence-electron chi connectivity index (χ0n) is 28.9. The summed E-state index contributed by atoms with van der Waals surface area (Å²) in [6, 6.07) is 72.2. The average molecular weight is 695 g/mol. The van der Waals surface area contributed by atoms with Gasteiger partial charge in [0.15, 0.2) is 5.58 Å². The highest BCUT2D eigenvalue weighted by Gasteiger charge is 2.26. The summed E-state index contributed by atoms with van der Waals surface area (Å²) in [5.41, 5.74) is 6.01. The first kappa shape index (κ1) is 31.0. The Morgan fingerprint density at radius 3 is 1.77 bits per heavy atom. The van der Waals surface area contributed by atoms with E-state index in [4.69, 9.17) is 9.40 Å². The molecule has 0 bridgehead atoms. The van der Waals surface area contributed by atoms with Crippen molar-refractivity contribution in [3.8, 4) is 11.5 Å². The Morgan fingerprint density at radius 2 is 1.02 bits per heavy atom. The zero-order chi connectivity index (χ0) is 35.1. The van der Waals surface area contributed by atoms with Crippen LogP contribution in [-0.4, -0.2) is 13.8 Å². The molecule has 1 heterocycles. The predicted molar refractivity (Wildman–Crippen MR) is 226 cm³/mol. The van der Waals surface area contributed by atoms with Crippen LogP contribution in [0.4, 0.5) is 17.1 Å². The van der Waals surface area contributed by atoms with E-state index in [-0.39, 0.29) is 0 Å². The number of hydrogen-bond acceptors (Lipinski definition) is 3. The molecule has 0 spiro atoms. The van der Waals surface area contributed by atoms with Gasteiger partial charge in [-0.1, -0.05) is 162 Å². The van der Waals surface area contributed by atoms with Crippen LogP contribution in [0.25, 0.3) is 54.9 Å². The third-order valence-electron chi connectivity index (χ3n) is 10.4. The van der Waals surface area contributed by atoms with Gasteiger partial charge in [0.05, 0.1) is 0 Å². The molecule has 10 rings (SSSR count). The van der Waals surface area contributed by atoms with Crippen LogP contribution in [0.2, 0.25) is 0 Å². The number of fused-ring (bicyclic) bond motifs is 6. The Hall–Kier alpha value is -6.75. The second-order valence-electron chi connectivity index (χ2n) is 13.5. The summed E-state index contributed by atoms with van der Waals surface area (Å²) in [5.74, 6) is 0.630. The SMILES string of the molecule is c1ccc(-c2nc3ccc4ccc5ccc(N(c6ccc7ccccc7c6)c6ccccc6[SiH](c6ccccc6)c6ccccc6)cc5c4c3o2)cc1. The summed E-state index contributed by atoms with van der Waals surface area (Å²) in [6.07, 6.45) is 0. The first-order valence-corrected chi connectivity index (χ1v) is 19.8. The van der Waals surface area contributed by atoms with Crippen molar-refractivity contribution in [2.24, 2.45) is 0 Å². The Kier molecular flexibility index (Phi) is 7.66. The molecule has 0 atom stereocenters. The molecule has 9 aromatic carbocycles. The van der Waals surface area contributed by atoms with Crippen LogP contribution >= 0.6 is 0 Å². The number of anilines is 3. The maximum Gasteiger partial charge on any atom is 0.227 e. The lowest BCUT2D eigenvalue weighted by molar-refractivity contribution is 0.623. The second kappa shape index (κ2) is 13.1. The van der Waals surface area contributed by atoms with Gasteiger partial charge in [-0.15, -0.1) is 0 Å². The van der Waals surface area contributed by atoms with Crippen LogP contribution in [-0.2, 0) is 0 Å². The van der Waals surface area contributed by atoms with Crippen LogP contribution in [0.15, 0.2) is 205 Å². The quantitative estimate of drug-likeness (QED) is 0.0945. The van der Waals surface area contributed by atoms with Gasteiger partial charge in [-0.25, -0.2) is 4.98 Å². The number of rotatable bonds is 7. The molecule has 0 amide bonds. The monoisotopic (exact) mass is 694 g/mol. The van der Waals surface area contributed by atoms with E-state index in [1.54, 1.807) is 0 Å². The molecular formula is C49H34N2OSi. The van der Waals surface area contributed by atoms with E-state index in [1.165, 1.54) is 32.0 Å². The van der Waals surface area contributed by atoms with Crippen LogP contribution in [0.5, 0.6) is 0 Å². The second-order valence-corrected chi connectivity index (χ2v) is 16.4. The normalized spacial score (nSPS) is 11.6. The molecule has 0 radical (unpaired) electrons. The topological polar surface area (TPSA) is 29.3 Å². The van der Waals surface area contributed by atoms with Gasteiger partial charge in [0, 0.05) is 28.0 Å². The summed E-state index contributed by atoms with van der Waals surface area (Å²) in [7, 11) is -1.92. The summed E-state index contributed by atoms with van der Waals surface area (Å²) in [6.45, 7) is 0. The van der Waals surface area contributed by atoms with Gasteiger partial charge in [-0.3, -0.25) is 0 Å². The van der Waals surface area contributed by atoms with Crippen molar-refractivity contribution < 1.29 is 4.42 Å². The van der Waals surface area contributed by atoms with E-state index in [1.807, 2.05) is 30.3 Å². The summed E-state index contributed by atoms with van der Waals surface area (Å²) >= 11 is 0. The number of para-hydroxylation sites is 1. The lowest BCUT2D eigenvalue weighted by atomic mass is 10.00. The van der Waals surface area contributed by atoms with Gasteiger partial charge in [0.25, 0.3) is 0 Å². The number of oxazole rings is 1. The molecule has 53 heavy (non-hydrogen) atoms. The zero-order valence-corrected chi connectivity index (χ0v) is 30.1. The van der Waals surface area contributed by atoms with Crippen molar-refractivity contribution in [1.29, 1.82) is 0 Å². The van der Waals surface area contributed by atoms with Crippen molar-refractivity contribution in [2.75, 3.05) is 4.90 Å². The first-order valence-electron chi connectivity index (χ1n) is 18.1. The molecule has 1 aromatic heterocycles. The van der Waals surface area contributed by atoms with Gasteiger partial charge in [0.2, 0.25) is 5.89 Å². The largest absolute Gasteiger partial charge is 0.435 e. The minimum Gasteiger partial charge on any atom is -0.435 e. The van der Waals surface area contributed by atoms with E-state index >= 15 is 0 Å². The molecule has 0 fully saturated rings. The minimum absolute atomic E-state index is 0.630. The highest BCUT2D eigenvalue weighted by atomic mass is 28.3. The summed E-state index contributed by atoms with van der Waals surface area (Å²) in [5, 5.41) is 11.0. The van der Waals surface area contributed by atoms with Gasteiger partial charge < -0.3 is 9.32 Å². The molecule has 0 aliphatic carbocycles. The van der Waals surface area contributed by atoms with E-state index in [0.29, 0.717) is 5.89 Å². The summed E-state index contributed by atoms with van der Waals surface area (Å²) in [4.78, 5) is 7.40. The van der Waals surface area contributed by atoms with Gasteiger partial charge in [-0.05, 0) is 80.6 Å². The average Bonchev–Trinajstić information content (AvgIpc) is 3.68. The van der Waals surface area contributed by atoms with E-state index in [0.717, 1.165) is 49.6 Å². The van der Waals surface area contributed by atoms with Crippen molar-refractivity contribution in [3.63, 3.8) is 0 Å². The number of hydrogen-bond donors (Lipinski definition) is 0. The highest BCUT2D eigenvalue weighted by Crippen LogP contribution is 2.40. The van der Waals surface area contributed by atoms with Crippen LogP contribution in [0, 0.1) is 0 Å². The van der Waals surface area contributed by atoms with Crippen LogP contribution < -0.4 is 20.5 Å². The van der Waals surface area contributed by atoms with E-state index < -0.39 is 8.80 Å². The molecule has 0 N–H and O–H groups in total. The highest BCUT2D eigenvalue weighted by molar-refractivity contribution is 6.96. The maximum absolute atomic E-state index is 6.62. The fourth-order valence-corrected chi connectivity index (χ4v) is 11.0. The van der Waals surface area contributed by atoms with Crippen molar-refractivity contribution in [2.45, 2.75) is 0 Å². The first-order chi connectivity index (χ1) is 26.3. The minimum atomic E-state index is -1.92. The predicted octanol–water partition coefficient (Wildman–Crippen LogP) is 10.7. The molecule has 0 saturated heterocycles. The molecule has 0 unspecified atom stereocenters. The Labute approximate surface area is 309 Å². The van der Waals surface area contributed by atoms with Crippen LogP contribution in [0.1, 0.15) is 0 Å². The fraction of sp³-hybridized carbons (Fsp3) is 0. The third-order valence-corrected chi connectivity index (χ3v) is 13.6. The molecule has 0 saturated carbocycles. The van der Waals surface area contributed by atoms with E-state index in [9.17, 15) is 0 Å². The molecule has 10 aromatic rings. The number of benzene rings is 9. The molecule has 3 nitrogen and oxygen atoms in total. The molecule has 0 aliphatic rings.